The molecule has 0 amide bonds. The predicted octanol–water partition coefficient (Wildman–Crippen LogP) is 4.37. The standard InChI is InChI=1S/C13H6F3NO5S2/c14-13(15,16)23-11-5-7(17(18)19)1-3-9(11)10-4-2-8(6-12(10)23)24(20,21)22/h1-6H/p+1. The van der Waals surface area contributed by atoms with E-state index in [1.54, 1.807) is 0 Å². The third kappa shape index (κ3) is 2.60. The Morgan fingerprint density at radius 1 is 1.04 bits per heavy atom. The van der Waals surface area contributed by atoms with E-state index < -0.39 is 41.6 Å². The van der Waals surface area contributed by atoms with Crippen LogP contribution in [-0.4, -0.2) is 17.9 Å². The van der Waals surface area contributed by atoms with Gasteiger partial charge in [0.2, 0.25) is 0 Å². The number of benzene rings is 2. The summed E-state index contributed by atoms with van der Waals surface area (Å²) >= 11 is 0. The number of rotatable bonds is 2. The molecule has 0 aliphatic heterocycles. The average molecular weight is 378 g/mol. The van der Waals surface area contributed by atoms with Crippen LogP contribution in [0.4, 0.5) is 18.9 Å². The van der Waals surface area contributed by atoms with Gasteiger partial charge in [-0.3, -0.25) is 14.7 Å². The van der Waals surface area contributed by atoms with Gasteiger partial charge >= 0.3 is 5.51 Å². The summed E-state index contributed by atoms with van der Waals surface area (Å²) in [7, 11) is -7.22. The zero-order chi connectivity index (χ0) is 17.9. The molecule has 0 saturated carbocycles. The van der Waals surface area contributed by atoms with Gasteiger partial charge in [0.1, 0.15) is 10.5 Å². The molecule has 0 bridgehead atoms. The number of halogens is 3. The van der Waals surface area contributed by atoms with E-state index in [0.717, 1.165) is 30.3 Å². The molecule has 6 nitrogen and oxygen atoms in total. The minimum atomic E-state index is -4.76. The number of fused-ring (bicyclic) bond motifs is 3. The second-order valence-corrected chi connectivity index (χ2v) is 8.20. The number of nitro groups is 1. The van der Waals surface area contributed by atoms with Crippen LogP contribution in [0.2, 0.25) is 0 Å². The van der Waals surface area contributed by atoms with Crippen molar-refractivity contribution < 1.29 is 31.1 Å². The van der Waals surface area contributed by atoms with Crippen LogP contribution in [0.25, 0.3) is 20.2 Å². The average Bonchev–Trinajstić information content (AvgIpc) is 2.78. The number of hydrogen-bond acceptors (Lipinski definition) is 4. The molecule has 3 rings (SSSR count). The fourth-order valence-electron chi connectivity index (χ4n) is 2.44. The summed E-state index contributed by atoms with van der Waals surface area (Å²) in [6.45, 7) is 0. The fourth-order valence-corrected chi connectivity index (χ4v) is 5.03. The van der Waals surface area contributed by atoms with Crippen LogP contribution in [0.1, 0.15) is 0 Å². The molecule has 11 heteroatoms. The number of nitro benzene ring substituents is 1. The van der Waals surface area contributed by atoms with Crippen molar-refractivity contribution >= 4 is 46.4 Å². The maximum absolute atomic E-state index is 13.5. The van der Waals surface area contributed by atoms with Crippen molar-refractivity contribution in [2.45, 2.75) is 10.4 Å². The van der Waals surface area contributed by atoms with E-state index in [1.165, 1.54) is 6.07 Å². The highest BCUT2D eigenvalue weighted by Gasteiger charge is 2.48. The second kappa shape index (κ2) is 5.13. The Morgan fingerprint density at radius 2 is 1.58 bits per heavy atom. The lowest BCUT2D eigenvalue weighted by Gasteiger charge is -1.98. The van der Waals surface area contributed by atoms with E-state index in [0.29, 0.717) is 0 Å². The van der Waals surface area contributed by atoms with Crippen molar-refractivity contribution in [3.8, 4) is 0 Å². The first kappa shape index (κ1) is 16.6. The second-order valence-electron chi connectivity index (χ2n) is 4.82. The molecule has 0 spiro atoms. The highest BCUT2D eigenvalue weighted by atomic mass is 32.2. The lowest BCUT2D eigenvalue weighted by Crippen LogP contribution is -1.98. The SMILES string of the molecule is O=[N+]([O-])c1ccc2c3ccc(S(=O)(=O)O)cc3[s+](C(F)(F)F)c2c1. The van der Waals surface area contributed by atoms with Crippen molar-refractivity contribution in [1.29, 1.82) is 0 Å². The van der Waals surface area contributed by atoms with Gasteiger partial charge in [0.25, 0.3) is 15.8 Å². The van der Waals surface area contributed by atoms with Crippen LogP contribution >= 0.6 is 10.5 Å². The van der Waals surface area contributed by atoms with Gasteiger partial charge in [0.15, 0.2) is 9.40 Å². The summed E-state index contributed by atoms with van der Waals surface area (Å²) in [4.78, 5) is 9.37. The number of nitrogens with zero attached hydrogens (tertiary/aromatic N) is 1. The highest BCUT2D eigenvalue weighted by molar-refractivity contribution is 7.85. The van der Waals surface area contributed by atoms with Gasteiger partial charge < -0.3 is 0 Å². The van der Waals surface area contributed by atoms with Crippen LogP contribution in [0.3, 0.4) is 0 Å². The van der Waals surface area contributed by atoms with E-state index in [-0.39, 0.29) is 20.2 Å². The van der Waals surface area contributed by atoms with Crippen molar-refractivity contribution in [1.82, 2.24) is 0 Å². The zero-order valence-electron chi connectivity index (χ0n) is 11.4. The molecule has 24 heavy (non-hydrogen) atoms. The Morgan fingerprint density at radius 3 is 2.08 bits per heavy atom. The summed E-state index contributed by atoms with van der Waals surface area (Å²) in [5, 5.41) is 11.1. The Balaban J connectivity index is 2.52. The summed E-state index contributed by atoms with van der Waals surface area (Å²) in [5.74, 6) is 0. The van der Waals surface area contributed by atoms with E-state index in [9.17, 15) is 31.7 Å². The van der Waals surface area contributed by atoms with Crippen LogP contribution in [0, 0.1) is 10.1 Å². The zero-order valence-corrected chi connectivity index (χ0v) is 13.1. The maximum Gasteiger partial charge on any atom is 0.601 e. The Kier molecular flexibility index (Phi) is 3.55. The van der Waals surface area contributed by atoms with Gasteiger partial charge in [-0.05, 0) is 18.2 Å². The lowest BCUT2D eigenvalue weighted by molar-refractivity contribution is -0.384. The maximum atomic E-state index is 13.5. The topological polar surface area (TPSA) is 97.5 Å². The molecule has 1 N–H and O–H groups in total. The van der Waals surface area contributed by atoms with Crippen LogP contribution in [0.15, 0.2) is 41.3 Å². The third-order valence-electron chi connectivity index (χ3n) is 3.39. The molecule has 1 atom stereocenters. The minimum absolute atomic E-state index is 0.132. The molecule has 0 aliphatic rings. The minimum Gasteiger partial charge on any atom is -0.282 e. The largest absolute Gasteiger partial charge is 0.601 e. The van der Waals surface area contributed by atoms with Crippen LogP contribution < -0.4 is 0 Å². The molecule has 0 aliphatic carbocycles. The highest BCUT2D eigenvalue weighted by Crippen LogP contribution is 2.54. The first-order chi connectivity index (χ1) is 11.0. The van der Waals surface area contributed by atoms with Crippen LogP contribution in [-0.2, 0) is 15.6 Å². The Labute approximate surface area is 135 Å². The van der Waals surface area contributed by atoms with Gasteiger partial charge in [-0.25, -0.2) is 0 Å². The molecular weight excluding hydrogens is 371 g/mol. The fraction of sp³-hybridized carbons (Fsp3) is 0.0769. The summed E-state index contributed by atoms with van der Waals surface area (Å²) in [6.07, 6.45) is 0. The normalized spacial score (nSPS) is 13.6. The van der Waals surface area contributed by atoms with Gasteiger partial charge in [0, 0.05) is 22.9 Å². The van der Waals surface area contributed by atoms with Crippen LogP contribution in [0.5, 0.6) is 0 Å². The quantitative estimate of drug-likeness (QED) is 0.309. The van der Waals surface area contributed by atoms with Gasteiger partial charge in [-0.1, -0.05) is 0 Å². The van der Waals surface area contributed by atoms with Crippen molar-refractivity contribution in [3.63, 3.8) is 0 Å². The van der Waals surface area contributed by atoms with Gasteiger partial charge in [0.05, 0.1) is 15.9 Å². The predicted molar refractivity (Wildman–Crippen MR) is 81.7 cm³/mol. The Bertz CT molecular complexity index is 1100. The van der Waals surface area contributed by atoms with Crippen molar-refractivity contribution in [2.24, 2.45) is 0 Å². The number of alkyl halides is 3. The molecule has 126 valence electrons. The lowest BCUT2D eigenvalue weighted by atomic mass is 10.1. The van der Waals surface area contributed by atoms with E-state index in [4.69, 9.17) is 4.55 Å². The van der Waals surface area contributed by atoms with Gasteiger partial charge in [-0.15, -0.1) is 13.2 Å². The first-order valence-corrected chi connectivity index (χ1v) is 8.88. The van der Waals surface area contributed by atoms with E-state index >= 15 is 0 Å². The monoisotopic (exact) mass is 378 g/mol. The molecule has 3 aromatic rings. The summed E-state index contributed by atoms with van der Waals surface area (Å²) < 4.78 is 71.3. The first-order valence-electron chi connectivity index (χ1n) is 6.21. The number of thiophene rings is 1. The molecule has 1 heterocycles. The van der Waals surface area contributed by atoms with Gasteiger partial charge in [-0.2, -0.15) is 8.42 Å². The molecule has 0 fully saturated rings. The van der Waals surface area contributed by atoms with Crippen molar-refractivity contribution in [3.05, 3.63) is 46.5 Å². The molecule has 1 unspecified atom stereocenters. The number of hydrogen-bond donors (Lipinski definition) is 1. The number of non-ortho nitro benzene ring substituents is 1. The van der Waals surface area contributed by atoms with E-state index in [2.05, 4.69) is 0 Å². The smallest absolute Gasteiger partial charge is 0.282 e. The summed E-state index contributed by atoms with van der Waals surface area (Å²) in [5.41, 5.74) is -5.24. The molecule has 2 aromatic carbocycles. The molecular formula is C13H7F3NO5S2+. The third-order valence-corrected chi connectivity index (χ3v) is 6.26. The van der Waals surface area contributed by atoms with E-state index in [1.807, 2.05) is 0 Å². The molecule has 1 aromatic heterocycles. The summed E-state index contributed by atoms with van der Waals surface area (Å²) in [6, 6.07) is 6.04. The molecule has 0 radical (unpaired) electrons. The Hall–Kier alpha value is -2.24. The van der Waals surface area contributed by atoms with Crippen molar-refractivity contribution in [2.75, 3.05) is 0 Å². The molecule has 0 saturated heterocycles.